The van der Waals surface area contributed by atoms with Gasteiger partial charge in [0.2, 0.25) is 0 Å². The van der Waals surface area contributed by atoms with Crippen LogP contribution in [0.5, 0.6) is 5.75 Å². The number of aryl methyl sites for hydroxylation is 1. The molecule has 4 aromatic rings. The number of halogens is 1. The van der Waals surface area contributed by atoms with Gasteiger partial charge in [0.25, 0.3) is 5.91 Å². The quantitative estimate of drug-likeness (QED) is 0.447. The Morgan fingerprint density at radius 3 is 2.52 bits per heavy atom. The van der Waals surface area contributed by atoms with Gasteiger partial charge in [-0.2, -0.15) is 0 Å². The highest BCUT2D eigenvalue weighted by Gasteiger charge is 2.16. The molecule has 0 aliphatic carbocycles. The van der Waals surface area contributed by atoms with E-state index in [4.69, 9.17) is 21.3 Å². The van der Waals surface area contributed by atoms with Crippen molar-refractivity contribution in [3.8, 4) is 17.0 Å². The topological polar surface area (TPSA) is 51.2 Å². The maximum atomic E-state index is 13.2. The van der Waals surface area contributed by atoms with Crippen LogP contribution in [-0.2, 0) is 0 Å². The van der Waals surface area contributed by atoms with Gasteiger partial charge in [-0.05, 0) is 55.0 Å². The average Bonchev–Trinajstić information content (AvgIpc) is 2.75. The number of pyridine rings is 1. The highest BCUT2D eigenvalue weighted by Crippen LogP contribution is 2.28. The molecule has 0 saturated carbocycles. The van der Waals surface area contributed by atoms with Crippen LogP contribution in [-0.4, -0.2) is 18.0 Å². The molecular formula is C24H19ClN2O2. The van der Waals surface area contributed by atoms with Crippen molar-refractivity contribution >= 4 is 34.1 Å². The Morgan fingerprint density at radius 2 is 1.79 bits per heavy atom. The third kappa shape index (κ3) is 3.93. The first kappa shape index (κ1) is 19.0. The maximum Gasteiger partial charge on any atom is 0.256 e. The number of nitrogens with one attached hydrogen (secondary N) is 1. The third-order valence-electron chi connectivity index (χ3n) is 4.77. The van der Waals surface area contributed by atoms with Crippen LogP contribution in [0.15, 0.2) is 72.8 Å². The lowest BCUT2D eigenvalue weighted by molar-refractivity contribution is 0.102. The molecule has 0 fully saturated rings. The first-order valence-corrected chi connectivity index (χ1v) is 9.54. The van der Waals surface area contributed by atoms with Crippen molar-refractivity contribution in [1.82, 2.24) is 4.98 Å². The fourth-order valence-electron chi connectivity index (χ4n) is 3.24. The van der Waals surface area contributed by atoms with E-state index in [9.17, 15) is 4.79 Å². The SMILES string of the molecule is COc1ccc(NC(=O)c2cc(-c3ccccc3)nc3ccc(Cl)cc23)c(C)c1. The normalized spacial score (nSPS) is 10.7. The van der Waals surface area contributed by atoms with E-state index in [2.05, 4.69) is 5.32 Å². The summed E-state index contributed by atoms with van der Waals surface area (Å²) in [5, 5.41) is 4.27. The molecule has 1 heterocycles. The lowest BCUT2D eigenvalue weighted by Gasteiger charge is -2.13. The second-order valence-corrected chi connectivity index (χ2v) is 7.15. The number of ether oxygens (including phenoxy) is 1. The van der Waals surface area contributed by atoms with Crippen LogP contribution < -0.4 is 10.1 Å². The summed E-state index contributed by atoms with van der Waals surface area (Å²) in [5.74, 6) is 0.526. The molecule has 1 N–H and O–H groups in total. The minimum atomic E-state index is -0.217. The van der Waals surface area contributed by atoms with Gasteiger partial charge in [-0.25, -0.2) is 4.98 Å². The molecule has 5 heteroatoms. The Balaban J connectivity index is 1.80. The predicted molar refractivity (Wildman–Crippen MR) is 118 cm³/mol. The van der Waals surface area contributed by atoms with E-state index in [0.29, 0.717) is 21.5 Å². The number of fused-ring (bicyclic) bond motifs is 1. The Bertz CT molecular complexity index is 1210. The van der Waals surface area contributed by atoms with Gasteiger partial charge in [-0.1, -0.05) is 41.9 Å². The Labute approximate surface area is 174 Å². The molecule has 0 bridgehead atoms. The summed E-state index contributed by atoms with van der Waals surface area (Å²) in [7, 11) is 1.62. The summed E-state index contributed by atoms with van der Waals surface area (Å²) < 4.78 is 5.24. The molecule has 0 unspecified atom stereocenters. The monoisotopic (exact) mass is 402 g/mol. The van der Waals surface area contributed by atoms with Crippen LogP contribution in [0.4, 0.5) is 5.69 Å². The summed E-state index contributed by atoms with van der Waals surface area (Å²) in [4.78, 5) is 17.9. The van der Waals surface area contributed by atoms with Crippen molar-refractivity contribution < 1.29 is 9.53 Å². The summed E-state index contributed by atoms with van der Waals surface area (Å²) in [6.45, 7) is 1.93. The van der Waals surface area contributed by atoms with Gasteiger partial charge in [0, 0.05) is 21.7 Å². The second kappa shape index (κ2) is 7.94. The lowest BCUT2D eigenvalue weighted by atomic mass is 10.0. The molecule has 144 valence electrons. The number of benzene rings is 3. The zero-order valence-corrected chi connectivity index (χ0v) is 16.8. The Morgan fingerprint density at radius 1 is 1.00 bits per heavy atom. The van der Waals surface area contributed by atoms with Gasteiger partial charge >= 0.3 is 0 Å². The first-order valence-electron chi connectivity index (χ1n) is 9.17. The van der Waals surface area contributed by atoms with Gasteiger partial charge in [-0.3, -0.25) is 4.79 Å². The summed E-state index contributed by atoms with van der Waals surface area (Å²) in [6, 6.07) is 22.5. The van der Waals surface area contributed by atoms with E-state index < -0.39 is 0 Å². The fourth-order valence-corrected chi connectivity index (χ4v) is 3.41. The predicted octanol–water partition coefficient (Wildman–Crippen LogP) is 6.12. The van der Waals surface area contributed by atoms with Crippen LogP contribution in [0.25, 0.3) is 22.2 Å². The molecule has 0 atom stereocenters. The van der Waals surface area contributed by atoms with Gasteiger partial charge in [0.15, 0.2) is 0 Å². The number of aromatic nitrogens is 1. The molecule has 1 aromatic heterocycles. The van der Waals surface area contributed by atoms with Gasteiger partial charge < -0.3 is 10.1 Å². The van der Waals surface area contributed by atoms with E-state index in [-0.39, 0.29) is 5.91 Å². The van der Waals surface area contributed by atoms with Crippen molar-refractivity contribution in [3.63, 3.8) is 0 Å². The molecule has 4 rings (SSSR count). The standard InChI is InChI=1S/C24H19ClN2O2/c1-15-12-18(29-2)9-11-21(15)27-24(28)20-14-23(16-6-4-3-5-7-16)26-22-10-8-17(25)13-19(20)22/h3-14H,1-2H3,(H,27,28). The molecule has 0 spiro atoms. The smallest absolute Gasteiger partial charge is 0.256 e. The molecule has 0 aliphatic rings. The molecule has 0 radical (unpaired) electrons. The number of carbonyl (C=O) groups is 1. The molecular weight excluding hydrogens is 384 g/mol. The fraction of sp³-hybridized carbons (Fsp3) is 0.0833. The molecule has 0 saturated heterocycles. The van der Waals surface area contributed by atoms with E-state index in [0.717, 1.165) is 28.3 Å². The summed E-state index contributed by atoms with van der Waals surface area (Å²) in [5.41, 5.74) is 4.55. The van der Waals surface area contributed by atoms with Crippen molar-refractivity contribution in [2.75, 3.05) is 12.4 Å². The van der Waals surface area contributed by atoms with Crippen molar-refractivity contribution in [3.05, 3.63) is 88.9 Å². The Hall–Kier alpha value is -3.37. The average molecular weight is 403 g/mol. The lowest BCUT2D eigenvalue weighted by Crippen LogP contribution is -2.14. The first-order chi connectivity index (χ1) is 14.0. The van der Waals surface area contributed by atoms with E-state index in [1.54, 1.807) is 19.2 Å². The van der Waals surface area contributed by atoms with Crippen molar-refractivity contribution in [1.29, 1.82) is 0 Å². The number of amides is 1. The molecule has 29 heavy (non-hydrogen) atoms. The number of methoxy groups -OCH3 is 1. The van der Waals surface area contributed by atoms with Crippen LogP contribution in [0.2, 0.25) is 5.02 Å². The van der Waals surface area contributed by atoms with Crippen LogP contribution in [0.1, 0.15) is 15.9 Å². The van der Waals surface area contributed by atoms with Crippen LogP contribution in [0, 0.1) is 6.92 Å². The van der Waals surface area contributed by atoms with Crippen LogP contribution in [0.3, 0.4) is 0 Å². The second-order valence-electron chi connectivity index (χ2n) is 6.72. The maximum absolute atomic E-state index is 13.2. The number of hydrogen-bond donors (Lipinski definition) is 1. The number of anilines is 1. The zero-order chi connectivity index (χ0) is 20.4. The van der Waals surface area contributed by atoms with E-state index in [1.165, 1.54) is 0 Å². The number of carbonyl (C=O) groups excluding carboxylic acids is 1. The summed E-state index contributed by atoms with van der Waals surface area (Å²) >= 11 is 6.20. The van der Waals surface area contributed by atoms with Gasteiger partial charge in [0.1, 0.15) is 5.75 Å². The third-order valence-corrected chi connectivity index (χ3v) is 5.00. The van der Waals surface area contributed by atoms with Crippen molar-refractivity contribution in [2.45, 2.75) is 6.92 Å². The molecule has 0 aliphatic heterocycles. The summed E-state index contributed by atoms with van der Waals surface area (Å²) in [6.07, 6.45) is 0. The number of rotatable bonds is 4. The highest BCUT2D eigenvalue weighted by molar-refractivity contribution is 6.31. The molecule has 4 nitrogen and oxygen atoms in total. The van der Waals surface area contributed by atoms with Crippen LogP contribution >= 0.6 is 11.6 Å². The van der Waals surface area contributed by atoms with E-state index >= 15 is 0 Å². The highest BCUT2D eigenvalue weighted by atomic mass is 35.5. The number of nitrogens with zero attached hydrogens (tertiary/aromatic N) is 1. The largest absolute Gasteiger partial charge is 0.497 e. The minimum Gasteiger partial charge on any atom is -0.497 e. The number of hydrogen-bond acceptors (Lipinski definition) is 3. The van der Waals surface area contributed by atoms with E-state index in [1.807, 2.05) is 67.6 Å². The van der Waals surface area contributed by atoms with Crippen molar-refractivity contribution in [2.24, 2.45) is 0 Å². The zero-order valence-electron chi connectivity index (χ0n) is 16.1. The molecule has 1 amide bonds. The Kier molecular flexibility index (Phi) is 5.19. The molecule has 3 aromatic carbocycles. The van der Waals surface area contributed by atoms with Gasteiger partial charge in [-0.15, -0.1) is 0 Å². The minimum absolute atomic E-state index is 0.217. The van der Waals surface area contributed by atoms with Gasteiger partial charge in [0.05, 0.1) is 23.9 Å².